The van der Waals surface area contributed by atoms with Crippen LogP contribution in [-0.4, -0.2) is 31.1 Å². The maximum atomic E-state index is 13.1. The van der Waals surface area contributed by atoms with Gasteiger partial charge in [-0.25, -0.2) is 9.07 Å². The summed E-state index contributed by atoms with van der Waals surface area (Å²) in [6.45, 7) is 0.514. The van der Waals surface area contributed by atoms with Crippen LogP contribution in [0.2, 0.25) is 5.02 Å². The third-order valence-corrected chi connectivity index (χ3v) is 6.36. The molecule has 0 saturated heterocycles. The Hall–Kier alpha value is -2.95. The number of halogens is 2. The summed E-state index contributed by atoms with van der Waals surface area (Å²) in [5.74, 6) is 5.78. The number of thioether (sulfide) groups is 1. The normalized spacial score (nSPS) is 11.7. The van der Waals surface area contributed by atoms with Crippen LogP contribution < -0.4 is 10.6 Å². The summed E-state index contributed by atoms with van der Waals surface area (Å²) in [6.07, 6.45) is 1.86. The Balaban J connectivity index is 1.45. The van der Waals surface area contributed by atoms with Gasteiger partial charge in [0.2, 0.25) is 5.16 Å². The largest absolute Gasteiger partial charge is 0.335 e. The van der Waals surface area contributed by atoms with E-state index in [0.29, 0.717) is 32.9 Å². The van der Waals surface area contributed by atoms with Gasteiger partial charge in [-0.1, -0.05) is 41.6 Å². The molecule has 0 unspecified atom stereocenters. The second-order valence-electron chi connectivity index (χ2n) is 6.38. The number of hydrogen-bond acceptors (Lipinski definition) is 6. The number of nitrogens with zero attached hydrogens (tertiary/aromatic N) is 5. The SMILES string of the molecule is Nn1c(SCC(=O)N=c2sccn2Cc2ccccc2Cl)nnc1-c1ccc(F)cc1. The lowest BCUT2D eigenvalue weighted by Gasteiger charge is -2.05. The van der Waals surface area contributed by atoms with Crippen LogP contribution in [0.5, 0.6) is 0 Å². The number of carbonyl (C=O) groups excluding carboxylic acids is 1. The van der Waals surface area contributed by atoms with Crippen molar-refractivity contribution in [3.05, 3.63) is 81.3 Å². The number of thiazole rings is 1. The Morgan fingerprint density at radius 1 is 1.19 bits per heavy atom. The van der Waals surface area contributed by atoms with E-state index in [0.717, 1.165) is 17.3 Å². The zero-order valence-corrected chi connectivity index (χ0v) is 18.4. The van der Waals surface area contributed by atoms with E-state index in [1.54, 1.807) is 12.1 Å². The Labute approximate surface area is 190 Å². The molecule has 0 fully saturated rings. The van der Waals surface area contributed by atoms with Crippen molar-refractivity contribution in [2.24, 2.45) is 4.99 Å². The van der Waals surface area contributed by atoms with Gasteiger partial charge in [0, 0.05) is 22.2 Å². The summed E-state index contributed by atoms with van der Waals surface area (Å²) in [7, 11) is 0. The number of carbonyl (C=O) groups is 1. The van der Waals surface area contributed by atoms with Gasteiger partial charge in [0.05, 0.1) is 12.3 Å². The van der Waals surface area contributed by atoms with Gasteiger partial charge in [-0.05, 0) is 35.9 Å². The highest BCUT2D eigenvalue weighted by atomic mass is 35.5. The summed E-state index contributed by atoms with van der Waals surface area (Å²) < 4.78 is 16.2. The maximum Gasteiger partial charge on any atom is 0.258 e. The van der Waals surface area contributed by atoms with Crippen molar-refractivity contribution >= 4 is 40.6 Å². The van der Waals surface area contributed by atoms with E-state index in [1.165, 1.54) is 28.1 Å². The lowest BCUT2D eigenvalue weighted by molar-refractivity contribution is -0.115. The molecule has 7 nitrogen and oxygen atoms in total. The number of benzene rings is 2. The van der Waals surface area contributed by atoms with Crippen LogP contribution in [0.15, 0.2) is 70.3 Å². The maximum absolute atomic E-state index is 13.1. The molecule has 1 amide bonds. The predicted molar refractivity (Wildman–Crippen MR) is 120 cm³/mol. The van der Waals surface area contributed by atoms with Crippen molar-refractivity contribution in [3.63, 3.8) is 0 Å². The van der Waals surface area contributed by atoms with Gasteiger partial charge < -0.3 is 10.4 Å². The zero-order chi connectivity index (χ0) is 21.8. The molecule has 4 aromatic rings. The van der Waals surface area contributed by atoms with Crippen LogP contribution in [0.1, 0.15) is 5.56 Å². The zero-order valence-electron chi connectivity index (χ0n) is 16.0. The van der Waals surface area contributed by atoms with Crippen molar-refractivity contribution in [1.82, 2.24) is 19.4 Å². The molecule has 0 aliphatic rings. The van der Waals surface area contributed by atoms with Gasteiger partial charge >= 0.3 is 0 Å². The number of hydrogen-bond donors (Lipinski definition) is 1. The van der Waals surface area contributed by atoms with Crippen molar-refractivity contribution < 1.29 is 9.18 Å². The molecule has 0 atom stereocenters. The summed E-state index contributed by atoms with van der Waals surface area (Å²) in [5, 5.41) is 10.9. The predicted octanol–water partition coefficient (Wildman–Crippen LogP) is 3.58. The second-order valence-corrected chi connectivity index (χ2v) is 8.60. The fraction of sp³-hybridized carbons (Fsp3) is 0.100. The van der Waals surface area contributed by atoms with Gasteiger partial charge in [-0.15, -0.1) is 21.5 Å². The average Bonchev–Trinajstić information content (AvgIpc) is 3.35. The molecule has 0 spiro atoms. The summed E-state index contributed by atoms with van der Waals surface area (Å²) in [4.78, 5) is 17.2. The van der Waals surface area contributed by atoms with Crippen LogP contribution in [0.25, 0.3) is 11.4 Å². The standard InChI is InChI=1S/C20H16ClFN6OS2/c21-16-4-2-1-3-14(16)11-27-9-10-30-19(27)24-17(29)12-31-20-26-25-18(28(20)23)13-5-7-15(22)8-6-13/h1-10H,11-12,23H2. The van der Waals surface area contributed by atoms with Gasteiger partial charge in [0.1, 0.15) is 5.82 Å². The third kappa shape index (κ3) is 5.04. The molecule has 4 rings (SSSR count). The van der Waals surface area contributed by atoms with Crippen LogP contribution in [0.3, 0.4) is 0 Å². The van der Waals surface area contributed by atoms with Crippen LogP contribution in [0.4, 0.5) is 4.39 Å². The first kappa shape index (κ1) is 21.3. The first-order chi connectivity index (χ1) is 15.0. The molecule has 0 aliphatic heterocycles. The van der Waals surface area contributed by atoms with Crippen molar-refractivity contribution in [1.29, 1.82) is 0 Å². The van der Waals surface area contributed by atoms with E-state index in [-0.39, 0.29) is 17.5 Å². The molecule has 0 saturated carbocycles. The Kier molecular flexibility index (Phi) is 6.50. The highest BCUT2D eigenvalue weighted by Crippen LogP contribution is 2.22. The first-order valence-corrected chi connectivity index (χ1v) is 11.3. The van der Waals surface area contributed by atoms with E-state index >= 15 is 0 Å². The van der Waals surface area contributed by atoms with Crippen LogP contribution >= 0.6 is 34.7 Å². The number of rotatable bonds is 6. The lowest BCUT2D eigenvalue weighted by atomic mass is 10.2. The van der Waals surface area contributed by atoms with E-state index in [4.69, 9.17) is 17.4 Å². The molecule has 0 bridgehead atoms. The Morgan fingerprint density at radius 3 is 2.74 bits per heavy atom. The molecule has 0 aliphatic carbocycles. The number of nitrogen functional groups attached to an aromatic ring is 1. The van der Waals surface area contributed by atoms with Gasteiger partial charge in [-0.2, -0.15) is 4.99 Å². The van der Waals surface area contributed by atoms with E-state index < -0.39 is 0 Å². The quantitative estimate of drug-likeness (QED) is 0.340. The molecule has 2 heterocycles. The Morgan fingerprint density at radius 2 is 1.97 bits per heavy atom. The third-order valence-electron chi connectivity index (χ3n) is 4.27. The van der Waals surface area contributed by atoms with Crippen LogP contribution in [-0.2, 0) is 11.3 Å². The summed E-state index contributed by atoms with van der Waals surface area (Å²) >= 11 is 8.72. The van der Waals surface area contributed by atoms with Crippen molar-refractivity contribution in [3.8, 4) is 11.4 Å². The molecule has 2 aromatic carbocycles. The average molecular weight is 475 g/mol. The molecule has 158 valence electrons. The molecule has 0 radical (unpaired) electrons. The van der Waals surface area contributed by atoms with Crippen molar-refractivity contribution in [2.75, 3.05) is 11.6 Å². The molecule has 31 heavy (non-hydrogen) atoms. The summed E-state index contributed by atoms with van der Waals surface area (Å²) in [5.41, 5.74) is 1.56. The minimum Gasteiger partial charge on any atom is -0.335 e. The second kappa shape index (κ2) is 9.46. The van der Waals surface area contributed by atoms with E-state index in [9.17, 15) is 9.18 Å². The molecular formula is C20H16ClFN6OS2. The smallest absolute Gasteiger partial charge is 0.258 e. The van der Waals surface area contributed by atoms with E-state index in [2.05, 4.69) is 15.2 Å². The minimum absolute atomic E-state index is 0.0444. The first-order valence-electron chi connectivity index (χ1n) is 9.05. The minimum atomic E-state index is -0.353. The highest BCUT2D eigenvalue weighted by Gasteiger charge is 2.14. The molecular weight excluding hydrogens is 459 g/mol. The van der Waals surface area contributed by atoms with Gasteiger partial charge in [-0.3, -0.25) is 4.79 Å². The fourth-order valence-corrected chi connectivity index (χ4v) is 4.34. The van der Waals surface area contributed by atoms with Crippen LogP contribution in [0, 0.1) is 5.82 Å². The number of aromatic nitrogens is 4. The molecule has 2 N–H and O–H groups in total. The van der Waals surface area contributed by atoms with Crippen molar-refractivity contribution in [2.45, 2.75) is 11.7 Å². The number of nitrogens with two attached hydrogens (primary N) is 1. The van der Waals surface area contributed by atoms with Gasteiger partial charge in [0.15, 0.2) is 10.6 Å². The number of amides is 1. The lowest BCUT2D eigenvalue weighted by Crippen LogP contribution is -2.18. The Bertz CT molecular complexity index is 1280. The molecule has 2 aromatic heterocycles. The monoisotopic (exact) mass is 474 g/mol. The molecule has 11 heteroatoms. The highest BCUT2D eigenvalue weighted by molar-refractivity contribution is 7.99. The fourth-order valence-electron chi connectivity index (χ4n) is 2.75. The summed E-state index contributed by atoms with van der Waals surface area (Å²) in [6, 6.07) is 13.3. The van der Waals surface area contributed by atoms with E-state index in [1.807, 2.05) is 40.4 Å². The topological polar surface area (TPSA) is 91.1 Å². The van der Waals surface area contributed by atoms with Gasteiger partial charge in [0.25, 0.3) is 5.91 Å².